The van der Waals surface area contributed by atoms with E-state index in [1.807, 2.05) is 54.6 Å². The molecule has 4 nitrogen and oxygen atoms in total. The second-order valence-corrected chi connectivity index (χ2v) is 8.10. The lowest BCUT2D eigenvalue weighted by Gasteiger charge is -2.29. The fourth-order valence-electron chi connectivity index (χ4n) is 3.82. The summed E-state index contributed by atoms with van der Waals surface area (Å²) in [5.74, 6) is 0.00101. The molecule has 1 aliphatic heterocycles. The van der Waals surface area contributed by atoms with E-state index in [4.69, 9.17) is 5.73 Å². The maximum atomic E-state index is 12.4. The smallest absolute Gasteiger partial charge is 0.223 e. The van der Waals surface area contributed by atoms with E-state index in [9.17, 15) is 9.90 Å². The van der Waals surface area contributed by atoms with E-state index < -0.39 is 6.10 Å². The molecule has 0 bridgehead atoms. The molecule has 1 fully saturated rings. The third kappa shape index (κ3) is 3.36. The van der Waals surface area contributed by atoms with E-state index in [1.54, 1.807) is 23.3 Å². The van der Waals surface area contributed by atoms with Gasteiger partial charge in [-0.25, -0.2) is 0 Å². The number of hydrogen-bond donors (Lipinski definition) is 2. The topological polar surface area (TPSA) is 66.6 Å². The summed E-state index contributed by atoms with van der Waals surface area (Å²) >= 11 is 1.58. The van der Waals surface area contributed by atoms with Crippen molar-refractivity contribution >= 4 is 22.9 Å². The Morgan fingerprint density at radius 3 is 2.48 bits per heavy atom. The first-order chi connectivity index (χ1) is 13.0. The number of nitrogen functional groups attached to an aromatic ring is 1. The molecular weight excluding hydrogens is 356 g/mol. The predicted octanol–water partition coefficient (Wildman–Crippen LogP) is 4.05. The van der Waals surface area contributed by atoms with Crippen molar-refractivity contribution in [1.82, 2.24) is 4.90 Å². The molecule has 0 aliphatic carbocycles. The third-order valence-electron chi connectivity index (χ3n) is 5.31. The Kier molecular flexibility index (Phi) is 4.72. The van der Waals surface area contributed by atoms with Crippen LogP contribution in [0.3, 0.4) is 0 Å². The number of nitrogens with two attached hydrogens (primary N) is 1. The second kappa shape index (κ2) is 7.18. The highest BCUT2D eigenvalue weighted by Gasteiger charge is 2.43. The summed E-state index contributed by atoms with van der Waals surface area (Å²) in [5, 5.41) is 11.1. The van der Waals surface area contributed by atoms with Crippen molar-refractivity contribution in [1.29, 1.82) is 0 Å². The number of nitrogens with zero attached hydrogens (tertiary/aromatic N) is 1. The number of aliphatic hydroxyl groups excluding tert-OH is 1. The van der Waals surface area contributed by atoms with Gasteiger partial charge in [0.2, 0.25) is 5.91 Å². The standard InChI is InChI=1S/C22H22N2O2S/c1-24-20(25)13-17(14-7-9-16(23)10-8-14)21(24)22(26)19-12-11-18(27-19)15-5-3-2-4-6-15/h2-12,17,21-22,26H,13,23H2,1H3/t17-,21-,22-/m1/s1. The number of carbonyl (C=O) groups excluding carboxylic acids is 1. The van der Waals surface area contributed by atoms with Crippen LogP contribution >= 0.6 is 11.3 Å². The maximum Gasteiger partial charge on any atom is 0.223 e. The van der Waals surface area contributed by atoms with Crippen molar-refractivity contribution in [3.05, 3.63) is 77.2 Å². The van der Waals surface area contributed by atoms with Crippen LogP contribution in [-0.2, 0) is 4.79 Å². The van der Waals surface area contributed by atoms with Crippen molar-refractivity contribution in [3.63, 3.8) is 0 Å². The van der Waals surface area contributed by atoms with Gasteiger partial charge < -0.3 is 15.7 Å². The van der Waals surface area contributed by atoms with Gasteiger partial charge in [0.1, 0.15) is 6.10 Å². The zero-order valence-corrected chi connectivity index (χ0v) is 15.9. The quantitative estimate of drug-likeness (QED) is 0.673. The number of hydrogen-bond acceptors (Lipinski definition) is 4. The molecule has 3 N–H and O–H groups in total. The molecular formula is C22H22N2O2S. The molecule has 3 atom stereocenters. The number of carbonyl (C=O) groups is 1. The fourth-order valence-corrected chi connectivity index (χ4v) is 4.86. The molecule has 3 aromatic rings. The summed E-state index contributed by atoms with van der Waals surface area (Å²) in [6.07, 6.45) is -0.328. The maximum absolute atomic E-state index is 12.4. The minimum Gasteiger partial charge on any atom is -0.399 e. The van der Waals surface area contributed by atoms with Crippen molar-refractivity contribution in [3.8, 4) is 10.4 Å². The highest BCUT2D eigenvalue weighted by molar-refractivity contribution is 7.15. The number of benzene rings is 2. The molecule has 1 amide bonds. The van der Waals surface area contributed by atoms with Crippen LogP contribution in [0.15, 0.2) is 66.7 Å². The number of thiophene rings is 1. The first kappa shape index (κ1) is 17.8. The molecule has 2 aromatic carbocycles. The van der Waals surface area contributed by atoms with E-state index in [-0.39, 0.29) is 17.9 Å². The minimum absolute atomic E-state index is 0.0552. The van der Waals surface area contributed by atoms with Crippen molar-refractivity contribution in [2.75, 3.05) is 12.8 Å². The minimum atomic E-state index is -0.730. The van der Waals surface area contributed by atoms with Gasteiger partial charge in [0.15, 0.2) is 0 Å². The van der Waals surface area contributed by atoms with E-state index in [0.29, 0.717) is 12.1 Å². The number of likely N-dealkylation sites (tertiary alicyclic amines) is 1. The normalized spacial score (nSPS) is 20.8. The Morgan fingerprint density at radius 2 is 1.78 bits per heavy atom. The highest BCUT2D eigenvalue weighted by atomic mass is 32.1. The zero-order chi connectivity index (χ0) is 19.0. The average molecular weight is 378 g/mol. The zero-order valence-electron chi connectivity index (χ0n) is 15.1. The van der Waals surface area contributed by atoms with Crippen LogP contribution in [-0.4, -0.2) is 29.0 Å². The molecule has 0 radical (unpaired) electrons. The Bertz CT molecular complexity index is 936. The number of aliphatic hydroxyl groups is 1. The van der Waals surface area contributed by atoms with Gasteiger partial charge in [-0.3, -0.25) is 4.79 Å². The molecule has 27 heavy (non-hydrogen) atoms. The third-order valence-corrected chi connectivity index (χ3v) is 6.52. The van der Waals surface area contributed by atoms with Gasteiger partial charge in [-0.15, -0.1) is 11.3 Å². The first-order valence-electron chi connectivity index (χ1n) is 8.99. The largest absolute Gasteiger partial charge is 0.399 e. The number of anilines is 1. The Labute approximate surface area is 162 Å². The van der Waals surface area contributed by atoms with Gasteiger partial charge in [0, 0.05) is 34.8 Å². The fraction of sp³-hybridized carbons (Fsp3) is 0.227. The summed E-state index contributed by atoms with van der Waals surface area (Å²) in [5.41, 5.74) is 8.66. The Morgan fingerprint density at radius 1 is 1.07 bits per heavy atom. The number of amides is 1. The number of likely N-dealkylation sites (N-methyl/N-ethyl adjacent to an activating group) is 1. The predicted molar refractivity (Wildman–Crippen MR) is 109 cm³/mol. The lowest BCUT2D eigenvalue weighted by atomic mass is 9.88. The molecule has 2 heterocycles. The molecule has 0 unspecified atom stereocenters. The van der Waals surface area contributed by atoms with Crippen LogP contribution < -0.4 is 5.73 Å². The SMILES string of the molecule is CN1C(=O)C[C@H](c2ccc(N)cc2)[C@@H]1[C@H](O)c1ccc(-c2ccccc2)s1. The average Bonchev–Trinajstić information content (AvgIpc) is 3.29. The van der Waals surface area contributed by atoms with Crippen LogP contribution in [0.25, 0.3) is 10.4 Å². The van der Waals surface area contributed by atoms with Gasteiger partial charge in [-0.05, 0) is 35.4 Å². The van der Waals surface area contributed by atoms with Crippen LogP contribution in [0.4, 0.5) is 5.69 Å². The summed E-state index contributed by atoms with van der Waals surface area (Å²) < 4.78 is 0. The van der Waals surface area contributed by atoms with Crippen LogP contribution in [0.1, 0.15) is 28.9 Å². The molecule has 4 rings (SSSR count). The van der Waals surface area contributed by atoms with Gasteiger partial charge in [-0.2, -0.15) is 0 Å². The summed E-state index contributed by atoms with van der Waals surface area (Å²) in [6, 6.07) is 21.4. The lowest BCUT2D eigenvalue weighted by Crippen LogP contribution is -2.36. The second-order valence-electron chi connectivity index (χ2n) is 6.99. The van der Waals surface area contributed by atoms with Gasteiger partial charge >= 0.3 is 0 Å². The molecule has 1 aromatic heterocycles. The molecule has 138 valence electrons. The summed E-state index contributed by atoms with van der Waals surface area (Å²) in [7, 11) is 1.78. The molecule has 0 saturated carbocycles. The van der Waals surface area contributed by atoms with Gasteiger partial charge in [0.25, 0.3) is 0 Å². The Balaban J connectivity index is 1.64. The van der Waals surface area contributed by atoms with Gasteiger partial charge in [-0.1, -0.05) is 42.5 Å². The molecule has 1 aliphatic rings. The Hall–Kier alpha value is -2.63. The summed E-state index contributed by atoms with van der Waals surface area (Å²) in [6.45, 7) is 0. The van der Waals surface area contributed by atoms with Crippen LogP contribution in [0.5, 0.6) is 0 Å². The molecule has 5 heteroatoms. The van der Waals surface area contributed by atoms with Crippen LogP contribution in [0.2, 0.25) is 0 Å². The first-order valence-corrected chi connectivity index (χ1v) is 9.80. The van der Waals surface area contributed by atoms with Crippen LogP contribution in [0, 0.1) is 0 Å². The number of rotatable bonds is 4. The molecule has 1 saturated heterocycles. The molecule has 0 spiro atoms. The highest BCUT2D eigenvalue weighted by Crippen LogP contribution is 2.42. The van der Waals surface area contributed by atoms with Crippen molar-refractivity contribution in [2.45, 2.75) is 24.5 Å². The van der Waals surface area contributed by atoms with E-state index in [2.05, 4.69) is 12.1 Å². The van der Waals surface area contributed by atoms with E-state index in [0.717, 1.165) is 20.9 Å². The summed E-state index contributed by atoms with van der Waals surface area (Å²) in [4.78, 5) is 16.1. The monoisotopic (exact) mass is 378 g/mol. The van der Waals surface area contributed by atoms with E-state index >= 15 is 0 Å². The van der Waals surface area contributed by atoms with Gasteiger partial charge in [0.05, 0.1) is 6.04 Å². The van der Waals surface area contributed by atoms with E-state index in [1.165, 1.54) is 0 Å². The van der Waals surface area contributed by atoms with Crippen molar-refractivity contribution in [2.24, 2.45) is 0 Å². The van der Waals surface area contributed by atoms with Crippen molar-refractivity contribution < 1.29 is 9.90 Å². The lowest BCUT2D eigenvalue weighted by molar-refractivity contribution is -0.128.